The third-order valence-electron chi connectivity index (χ3n) is 4.21. The normalized spacial score (nSPS) is 13.2. The van der Waals surface area contributed by atoms with Crippen LogP contribution in [0.25, 0.3) is 10.7 Å². The number of pyridine rings is 2. The first kappa shape index (κ1) is 22.2. The summed E-state index contributed by atoms with van der Waals surface area (Å²) < 4.78 is 5.42. The maximum atomic E-state index is 5.42. The first-order valence-corrected chi connectivity index (χ1v) is 9.35. The summed E-state index contributed by atoms with van der Waals surface area (Å²) in [6.45, 7) is 4.01. The van der Waals surface area contributed by atoms with Crippen LogP contribution in [0.1, 0.15) is 0 Å². The lowest BCUT2D eigenvalue weighted by Gasteiger charge is -2.29. The topological polar surface area (TPSA) is 75.2 Å². The summed E-state index contributed by atoms with van der Waals surface area (Å²) in [6.07, 6.45) is 3.67. The number of methoxy groups -OCH3 is 1. The van der Waals surface area contributed by atoms with Gasteiger partial charge < -0.3 is 20.3 Å². The van der Waals surface area contributed by atoms with Gasteiger partial charge in [-0.2, -0.15) is 0 Å². The highest BCUT2D eigenvalue weighted by Crippen LogP contribution is 2.30. The van der Waals surface area contributed by atoms with Crippen LogP contribution in [0.5, 0.6) is 5.75 Å². The van der Waals surface area contributed by atoms with E-state index in [9.17, 15) is 0 Å². The number of nitrogens with one attached hydrogen (secondary N) is 2. The highest BCUT2D eigenvalue weighted by Gasteiger charge is 2.12. The number of thiazole rings is 1. The van der Waals surface area contributed by atoms with E-state index in [0.29, 0.717) is 11.6 Å². The molecule has 4 rings (SSSR count). The van der Waals surface area contributed by atoms with E-state index in [1.54, 1.807) is 24.6 Å². The van der Waals surface area contributed by atoms with Crippen LogP contribution < -0.4 is 20.3 Å². The summed E-state index contributed by atoms with van der Waals surface area (Å²) in [6, 6.07) is 7.84. The molecule has 1 saturated heterocycles. The largest absolute Gasteiger partial charge is 0.493 e. The maximum Gasteiger partial charge on any atom is 0.175 e. The molecule has 1 aliphatic rings. The van der Waals surface area contributed by atoms with E-state index in [4.69, 9.17) is 4.74 Å². The van der Waals surface area contributed by atoms with Crippen molar-refractivity contribution in [2.45, 2.75) is 0 Å². The number of piperazine rings is 1. The van der Waals surface area contributed by atoms with Crippen molar-refractivity contribution in [3.8, 4) is 16.5 Å². The van der Waals surface area contributed by atoms with Crippen LogP contribution in [0.15, 0.2) is 42.0 Å². The van der Waals surface area contributed by atoms with Crippen LogP contribution in [0.2, 0.25) is 0 Å². The Morgan fingerprint density at radius 1 is 1.11 bits per heavy atom. The summed E-state index contributed by atoms with van der Waals surface area (Å²) in [4.78, 5) is 15.8. The number of aromatic nitrogens is 3. The van der Waals surface area contributed by atoms with Crippen molar-refractivity contribution in [1.82, 2.24) is 20.3 Å². The molecular weight excluding hydrogens is 419 g/mol. The molecule has 0 aliphatic carbocycles. The van der Waals surface area contributed by atoms with Crippen molar-refractivity contribution >= 4 is 53.5 Å². The van der Waals surface area contributed by atoms with Crippen LogP contribution >= 0.6 is 36.2 Å². The Balaban J connectivity index is 0.00000140. The fraction of sp³-hybridized carbons (Fsp3) is 0.278. The first-order valence-electron chi connectivity index (χ1n) is 8.47. The number of anilines is 3. The van der Waals surface area contributed by atoms with Crippen LogP contribution in [0.3, 0.4) is 0 Å². The zero-order chi connectivity index (χ0) is 17.8. The molecule has 150 valence electrons. The van der Waals surface area contributed by atoms with Crippen molar-refractivity contribution < 1.29 is 4.74 Å². The summed E-state index contributed by atoms with van der Waals surface area (Å²) in [5, 5.41) is 9.42. The highest BCUT2D eigenvalue weighted by molar-refractivity contribution is 7.13. The lowest BCUT2D eigenvalue weighted by molar-refractivity contribution is 0.415. The predicted molar refractivity (Wildman–Crippen MR) is 119 cm³/mol. The first-order chi connectivity index (χ1) is 12.8. The van der Waals surface area contributed by atoms with Gasteiger partial charge in [0.2, 0.25) is 0 Å². The molecule has 0 bridgehead atoms. The smallest absolute Gasteiger partial charge is 0.175 e. The van der Waals surface area contributed by atoms with E-state index in [2.05, 4.69) is 36.6 Å². The Kier molecular flexibility index (Phi) is 8.25. The number of nitrogens with zero attached hydrogens (tertiary/aromatic N) is 4. The number of hydrogen-bond donors (Lipinski definition) is 2. The van der Waals surface area contributed by atoms with Gasteiger partial charge in [0, 0.05) is 37.8 Å². The third kappa shape index (κ3) is 5.02. The zero-order valence-electron chi connectivity index (χ0n) is 15.3. The molecule has 3 aromatic heterocycles. The molecule has 10 heteroatoms. The minimum atomic E-state index is 0. The van der Waals surface area contributed by atoms with Gasteiger partial charge in [-0.3, -0.25) is 0 Å². The average Bonchev–Trinajstić information content (AvgIpc) is 3.24. The van der Waals surface area contributed by atoms with Gasteiger partial charge >= 0.3 is 0 Å². The SMILES string of the molecule is COc1ccc(-c2nccs2)nc1Nc1ccc(N2CCNCC2)cn1.Cl.Cl. The van der Waals surface area contributed by atoms with Gasteiger partial charge in [0.05, 0.1) is 19.0 Å². The Labute approximate surface area is 180 Å². The molecular formula is C18H22Cl2N6OS. The van der Waals surface area contributed by atoms with E-state index in [1.807, 2.05) is 29.8 Å². The molecule has 0 saturated carbocycles. The second-order valence-electron chi connectivity index (χ2n) is 5.85. The van der Waals surface area contributed by atoms with Gasteiger partial charge in [0.15, 0.2) is 11.6 Å². The van der Waals surface area contributed by atoms with E-state index < -0.39 is 0 Å². The average molecular weight is 441 g/mol. The molecule has 3 aromatic rings. The van der Waals surface area contributed by atoms with E-state index >= 15 is 0 Å². The summed E-state index contributed by atoms with van der Waals surface area (Å²) in [7, 11) is 1.63. The van der Waals surface area contributed by atoms with Crippen molar-refractivity contribution in [3.63, 3.8) is 0 Å². The highest BCUT2D eigenvalue weighted by atomic mass is 35.5. The Hall–Kier alpha value is -2.13. The fourth-order valence-electron chi connectivity index (χ4n) is 2.86. The molecule has 7 nitrogen and oxygen atoms in total. The molecule has 0 radical (unpaired) electrons. The van der Waals surface area contributed by atoms with Gasteiger partial charge in [0.25, 0.3) is 0 Å². The molecule has 4 heterocycles. The minimum Gasteiger partial charge on any atom is -0.493 e. The summed E-state index contributed by atoms with van der Waals surface area (Å²) in [5.41, 5.74) is 1.94. The molecule has 1 fully saturated rings. The van der Waals surface area contributed by atoms with Gasteiger partial charge in [-0.1, -0.05) is 0 Å². The molecule has 1 aliphatic heterocycles. The van der Waals surface area contributed by atoms with Gasteiger partial charge in [-0.05, 0) is 24.3 Å². The molecule has 2 N–H and O–H groups in total. The molecule has 0 aromatic carbocycles. The lowest BCUT2D eigenvalue weighted by atomic mass is 10.3. The van der Waals surface area contributed by atoms with Crippen molar-refractivity contribution in [2.75, 3.05) is 43.5 Å². The molecule has 0 spiro atoms. The standard InChI is InChI=1S/C18H20N6OS.2ClH/c1-25-15-4-3-14(18-20-8-11-26-18)22-17(15)23-16-5-2-13(12-21-16)24-9-6-19-7-10-24;;/h2-5,8,11-12,19H,6-7,9-10H2,1H3,(H,21,22,23);2*1H. The monoisotopic (exact) mass is 440 g/mol. The minimum absolute atomic E-state index is 0. The quantitative estimate of drug-likeness (QED) is 0.627. The molecule has 28 heavy (non-hydrogen) atoms. The molecule has 0 unspecified atom stereocenters. The Morgan fingerprint density at radius 3 is 2.57 bits per heavy atom. The number of halogens is 2. The molecule has 0 atom stereocenters. The summed E-state index contributed by atoms with van der Waals surface area (Å²) >= 11 is 1.55. The third-order valence-corrected chi connectivity index (χ3v) is 5.00. The molecule has 0 amide bonds. The van der Waals surface area contributed by atoms with Gasteiger partial charge in [-0.15, -0.1) is 36.2 Å². The Morgan fingerprint density at radius 2 is 1.93 bits per heavy atom. The zero-order valence-corrected chi connectivity index (χ0v) is 17.7. The van der Waals surface area contributed by atoms with Crippen LogP contribution in [0.4, 0.5) is 17.3 Å². The summed E-state index contributed by atoms with van der Waals surface area (Å²) in [5.74, 6) is 2.02. The predicted octanol–water partition coefficient (Wildman–Crippen LogP) is 3.61. The number of hydrogen-bond acceptors (Lipinski definition) is 8. The van der Waals surface area contributed by atoms with Crippen molar-refractivity contribution in [3.05, 3.63) is 42.0 Å². The fourth-order valence-corrected chi connectivity index (χ4v) is 3.47. The van der Waals surface area contributed by atoms with E-state index in [1.165, 1.54) is 0 Å². The van der Waals surface area contributed by atoms with Crippen molar-refractivity contribution in [2.24, 2.45) is 0 Å². The van der Waals surface area contributed by atoms with Crippen molar-refractivity contribution in [1.29, 1.82) is 0 Å². The van der Waals surface area contributed by atoms with Gasteiger partial charge in [0.1, 0.15) is 16.5 Å². The van der Waals surface area contributed by atoms with E-state index in [-0.39, 0.29) is 24.8 Å². The van der Waals surface area contributed by atoms with Crippen LogP contribution in [-0.4, -0.2) is 48.2 Å². The second kappa shape index (κ2) is 10.4. The van der Waals surface area contributed by atoms with Crippen LogP contribution in [-0.2, 0) is 0 Å². The lowest BCUT2D eigenvalue weighted by Crippen LogP contribution is -2.43. The number of ether oxygens (including phenoxy) is 1. The second-order valence-corrected chi connectivity index (χ2v) is 6.74. The number of rotatable bonds is 5. The van der Waals surface area contributed by atoms with Crippen LogP contribution in [0, 0.1) is 0 Å². The maximum absolute atomic E-state index is 5.42. The Bertz CT molecular complexity index is 857. The van der Waals surface area contributed by atoms with Gasteiger partial charge in [-0.25, -0.2) is 15.0 Å². The van der Waals surface area contributed by atoms with E-state index in [0.717, 1.165) is 48.4 Å².